The van der Waals surface area contributed by atoms with Crippen LogP contribution in [0.2, 0.25) is 0 Å². The lowest BCUT2D eigenvalue weighted by molar-refractivity contribution is -0.144. The molecule has 13 heteroatoms. The molecule has 190 valence electrons. The predicted molar refractivity (Wildman–Crippen MR) is 120 cm³/mol. The summed E-state index contributed by atoms with van der Waals surface area (Å²) in [6.07, 6.45) is 2.53. The Balaban J connectivity index is 2.95. The fourth-order valence-electron chi connectivity index (χ4n) is 3.13. The van der Waals surface area contributed by atoms with Gasteiger partial charge in [0.25, 0.3) is 0 Å². The van der Waals surface area contributed by atoms with Gasteiger partial charge in [-0.1, -0.05) is 27.7 Å². The Bertz CT molecular complexity index is 856. The molecule has 34 heavy (non-hydrogen) atoms. The summed E-state index contributed by atoms with van der Waals surface area (Å²) in [5.41, 5.74) is 6.55. The smallest absolute Gasteiger partial charge is 0.326 e. The number of nitrogens with zero attached hydrogens (tertiary/aromatic N) is 1. The molecule has 0 saturated carbocycles. The van der Waals surface area contributed by atoms with E-state index in [2.05, 4.69) is 25.9 Å². The van der Waals surface area contributed by atoms with Gasteiger partial charge in [0.2, 0.25) is 17.7 Å². The number of hydrogen-bond acceptors (Lipinski definition) is 7. The van der Waals surface area contributed by atoms with E-state index in [9.17, 15) is 34.2 Å². The van der Waals surface area contributed by atoms with Gasteiger partial charge in [-0.25, -0.2) is 9.78 Å². The number of aromatic amines is 1. The Morgan fingerprint density at radius 3 is 2.03 bits per heavy atom. The van der Waals surface area contributed by atoms with Crippen molar-refractivity contribution in [2.75, 3.05) is 0 Å². The number of hydrogen-bond donors (Lipinski definition) is 7. The Morgan fingerprint density at radius 2 is 1.56 bits per heavy atom. The topological polar surface area (TPSA) is 217 Å². The minimum atomic E-state index is -1.55. The lowest BCUT2D eigenvalue weighted by Crippen LogP contribution is -2.58. The third-order valence-corrected chi connectivity index (χ3v) is 4.91. The maximum absolute atomic E-state index is 12.9. The van der Waals surface area contributed by atoms with Gasteiger partial charge in [-0.2, -0.15) is 0 Å². The van der Waals surface area contributed by atoms with Crippen molar-refractivity contribution >= 4 is 29.7 Å². The molecule has 0 aliphatic carbocycles. The molecule has 4 atom stereocenters. The van der Waals surface area contributed by atoms with Gasteiger partial charge in [0, 0.05) is 18.3 Å². The number of nitrogens with one attached hydrogen (secondary N) is 4. The summed E-state index contributed by atoms with van der Waals surface area (Å²) in [7, 11) is 0. The van der Waals surface area contributed by atoms with Crippen molar-refractivity contribution in [2.24, 2.45) is 17.6 Å². The van der Waals surface area contributed by atoms with Gasteiger partial charge in [0.15, 0.2) is 0 Å². The predicted octanol–water partition coefficient (Wildman–Crippen LogP) is -1.00. The summed E-state index contributed by atoms with van der Waals surface area (Å²) in [5.74, 6) is -5.53. The minimum Gasteiger partial charge on any atom is -0.481 e. The third kappa shape index (κ3) is 9.57. The molecule has 1 aromatic rings. The van der Waals surface area contributed by atoms with Crippen LogP contribution in [0.3, 0.4) is 0 Å². The van der Waals surface area contributed by atoms with Gasteiger partial charge in [-0.3, -0.25) is 19.2 Å². The summed E-state index contributed by atoms with van der Waals surface area (Å²) in [6, 6.07) is -4.89. The normalized spacial score (nSPS) is 14.7. The second-order valence-electron chi connectivity index (χ2n) is 8.81. The molecule has 13 nitrogen and oxygen atoms in total. The molecule has 0 aliphatic rings. The molecule has 0 saturated heterocycles. The standard InChI is InChI=1S/C21H34N6O7/c1-10(2)5-14(25-18(30)13(22)6-12-8-23-9-24-12)19(31)26-15(7-16(28)29)20(32)27-17(11(3)4)21(33)34/h8-11,13-15,17H,5-7,22H2,1-4H3,(H,23,24)(H,25,30)(H,26,31)(H,27,32)(H,28,29)(H,33,34). The maximum Gasteiger partial charge on any atom is 0.326 e. The van der Waals surface area contributed by atoms with Gasteiger partial charge in [-0.15, -0.1) is 0 Å². The van der Waals surface area contributed by atoms with Crippen LogP contribution in [0.5, 0.6) is 0 Å². The van der Waals surface area contributed by atoms with Crippen molar-refractivity contribution in [3.8, 4) is 0 Å². The molecule has 1 heterocycles. The summed E-state index contributed by atoms with van der Waals surface area (Å²) in [4.78, 5) is 67.5. The van der Waals surface area contributed by atoms with Gasteiger partial charge < -0.3 is 36.9 Å². The first kappa shape index (κ1) is 28.6. The molecule has 1 aromatic heterocycles. The number of rotatable bonds is 14. The molecular weight excluding hydrogens is 448 g/mol. The number of imidazole rings is 1. The van der Waals surface area contributed by atoms with E-state index >= 15 is 0 Å². The molecule has 3 amide bonds. The van der Waals surface area contributed by atoms with E-state index in [1.54, 1.807) is 13.8 Å². The number of carboxylic acid groups (broad SMARTS) is 2. The van der Waals surface area contributed by atoms with Crippen molar-refractivity contribution in [3.05, 3.63) is 18.2 Å². The number of carbonyl (C=O) groups is 5. The molecule has 0 aliphatic heterocycles. The molecule has 0 spiro atoms. The van der Waals surface area contributed by atoms with Gasteiger partial charge >= 0.3 is 11.9 Å². The Kier molecular flexibility index (Phi) is 11.2. The monoisotopic (exact) mass is 482 g/mol. The average Bonchev–Trinajstić information content (AvgIpc) is 3.22. The van der Waals surface area contributed by atoms with E-state index in [1.165, 1.54) is 12.5 Å². The summed E-state index contributed by atoms with van der Waals surface area (Å²) < 4.78 is 0. The second kappa shape index (κ2) is 13.3. The highest BCUT2D eigenvalue weighted by Crippen LogP contribution is 2.08. The molecule has 0 radical (unpaired) electrons. The van der Waals surface area contributed by atoms with Gasteiger partial charge in [-0.05, 0) is 18.3 Å². The number of amides is 3. The zero-order valence-electron chi connectivity index (χ0n) is 19.7. The van der Waals surface area contributed by atoms with Crippen molar-refractivity contribution in [3.63, 3.8) is 0 Å². The van der Waals surface area contributed by atoms with Crippen LogP contribution in [0, 0.1) is 11.8 Å². The highest BCUT2D eigenvalue weighted by Gasteiger charge is 2.32. The number of H-pyrrole nitrogens is 1. The largest absolute Gasteiger partial charge is 0.481 e. The molecule has 0 fully saturated rings. The Labute approximate surface area is 197 Å². The van der Waals surface area contributed by atoms with E-state index in [-0.39, 0.29) is 18.8 Å². The van der Waals surface area contributed by atoms with E-state index < -0.39 is 66.2 Å². The minimum absolute atomic E-state index is 0.0380. The van der Waals surface area contributed by atoms with Crippen molar-refractivity contribution in [2.45, 2.75) is 71.1 Å². The quantitative estimate of drug-likeness (QED) is 0.173. The number of nitrogens with two attached hydrogens (primary N) is 1. The first-order valence-electron chi connectivity index (χ1n) is 10.9. The first-order chi connectivity index (χ1) is 15.8. The van der Waals surface area contributed by atoms with Crippen LogP contribution >= 0.6 is 0 Å². The molecule has 1 rings (SSSR count). The first-order valence-corrected chi connectivity index (χ1v) is 10.9. The molecule has 4 unspecified atom stereocenters. The summed E-state index contributed by atoms with van der Waals surface area (Å²) in [6.45, 7) is 6.78. The van der Waals surface area contributed by atoms with Crippen LogP contribution in [0.15, 0.2) is 12.5 Å². The average molecular weight is 483 g/mol. The highest BCUT2D eigenvalue weighted by molar-refractivity contribution is 5.95. The fourth-order valence-corrected chi connectivity index (χ4v) is 3.13. The van der Waals surface area contributed by atoms with E-state index in [1.807, 2.05) is 13.8 Å². The van der Waals surface area contributed by atoms with Crippen LogP contribution in [0.1, 0.15) is 46.2 Å². The molecular formula is C21H34N6O7. The summed E-state index contributed by atoms with van der Waals surface area (Å²) >= 11 is 0. The highest BCUT2D eigenvalue weighted by atomic mass is 16.4. The van der Waals surface area contributed by atoms with Crippen LogP contribution in [0.4, 0.5) is 0 Å². The maximum atomic E-state index is 12.9. The number of aromatic nitrogens is 2. The van der Waals surface area contributed by atoms with Crippen molar-refractivity contribution in [1.82, 2.24) is 25.9 Å². The fraction of sp³-hybridized carbons (Fsp3) is 0.619. The molecule has 8 N–H and O–H groups in total. The number of aliphatic carboxylic acids is 2. The van der Waals surface area contributed by atoms with Crippen LogP contribution in [-0.4, -0.2) is 74.0 Å². The Morgan fingerprint density at radius 1 is 0.971 bits per heavy atom. The van der Waals surface area contributed by atoms with Crippen LogP contribution in [0.25, 0.3) is 0 Å². The number of carbonyl (C=O) groups excluding carboxylic acids is 3. The third-order valence-electron chi connectivity index (χ3n) is 4.91. The van der Waals surface area contributed by atoms with Crippen molar-refractivity contribution in [1.29, 1.82) is 0 Å². The van der Waals surface area contributed by atoms with E-state index in [4.69, 9.17) is 5.73 Å². The van der Waals surface area contributed by atoms with E-state index in [0.717, 1.165) is 0 Å². The Hall–Kier alpha value is -3.48. The van der Waals surface area contributed by atoms with Crippen LogP contribution in [-0.2, 0) is 30.4 Å². The number of carboxylic acids is 2. The molecule has 0 bridgehead atoms. The van der Waals surface area contributed by atoms with Gasteiger partial charge in [0.05, 0.1) is 18.8 Å². The second-order valence-corrected chi connectivity index (χ2v) is 8.81. The zero-order chi connectivity index (χ0) is 26.0. The lowest BCUT2D eigenvalue weighted by atomic mass is 10.0. The van der Waals surface area contributed by atoms with Crippen molar-refractivity contribution < 1.29 is 34.2 Å². The SMILES string of the molecule is CC(C)CC(NC(=O)C(N)Cc1cnc[nH]1)C(=O)NC(CC(=O)O)C(=O)NC(C(=O)O)C(C)C. The summed E-state index contributed by atoms with van der Waals surface area (Å²) in [5, 5.41) is 25.6. The van der Waals surface area contributed by atoms with Gasteiger partial charge in [0.1, 0.15) is 18.1 Å². The zero-order valence-corrected chi connectivity index (χ0v) is 19.7. The molecule has 0 aromatic carbocycles. The lowest BCUT2D eigenvalue weighted by Gasteiger charge is -2.26. The van der Waals surface area contributed by atoms with Crippen LogP contribution < -0.4 is 21.7 Å². The van der Waals surface area contributed by atoms with E-state index in [0.29, 0.717) is 5.69 Å².